The first kappa shape index (κ1) is 23.5. The van der Waals surface area contributed by atoms with Crippen molar-refractivity contribution in [3.63, 3.8) is 0 Å². The molecule has 4 aromatic heterocycles. The number of hydrogen-bond acceptors (Lipinski definition) is 4. The second-order valence-electron chi connectivity index (χ2n) is 10.2. The fourth-order valence-electron chi connectivity index (χ4n) is 5.52. The van der Waals surface area contributed by atoms with Crippen LogP contribution in [0.4, 0.5) is 0 Å². The van der Waals surface area contributed by atoms with Gasteiger partial charge in [-0.25, -0.2) is 4.98 Å². The van der Waals surface area contributed by atoms with Crippen LogP contribution in [0.5, 0.6) is 0 Å². The zero-order chi connectivity index (χ0) is 25.5. The summed E-state index contributed by atoms with van der Waals surface area (Å²) in [6, 6.07) is 19.6. The monoisotopic (exact) mass is 490 g/mol. The van der Waals surface area contributed by atoms with E-state index in [0.29, 0.717) is 6.54 Å². The number of para-hydroxylation sites is 1. The van der Waals surface area contributed by atoms with Crippen molar-refractivity contribution in [2.24, 2.45) is 5.73 Å². The van der Waals surface area contributed by atoms with E-state index in [4.69, 9.17) is 15.7 Å². The third-order valence-electron chi connectivity index (χ3n) is 7.71. The number of fused-ring (bicyclic) bond motifs is 2. The summed E-state index contributed by atoms with van der Waals surface area (Å²) < 4.78 is 4.51. The number of imidazole rings is 1. The molecule has 5 heterocycles. The van der Waals surface area contributed by atoms with Gasteiger partial charge in [-0.15, -0.1) is 0 Å². The van der Waals surface area contributed by atoms with Crippen LogP contribution in [0.3, 0.4) is 0 Å². The first-order valence-electron chi connectivity index (χ1n) is 13.2. The first-order chi connectivity index (χ1) is 18.0. The molecule has 1 atom stereocenters. The molecule has 1 aromatic carbocycles. The van der Waals surface area contributed by atoms with Gasteiger partial charge in [0, 0.05) is 59.4 Å². The van der Waals surface area contributed by atoms with E-state index >= 15 is 0 Å². The Morgan fingerprint density at radius 3 is 2.78 bits per heavy atom. The molecule has 0 spiro atoms. The maximum Gasteiger partial charge on any atom is 0.138 e. The predicted octanol–water partition coefficient (Wildman–Crippen LogP) is 5.66. The summed E-state index contributed by atoms with van der Waals surface area (Å²) in [5.41, 5.74) is 16.0. The lowest BCUT2D eigenvalue weighted by molar-refractivity contribution is 0.296. The Balaban J connectivity index is 1.41. The van der Waals surface area contributed by atoms with Crippen molar-refractivity contribution in [2.75, 3.05) is 13.1 Å². The van der Waals surface area contributed by atoms with Crippen LogP contribution in [-0.4, -0.2) is 43.0 Å². The van der Waals surface area contributed by atoms with E-state index < -0.39 is 0 Å². The Morgan fingerprint density at radius 1 is 1.14 bits per heavy atom. The fraction of sp³-hybridized carbons (Fsp3) is 0.290. The van der Waals surface area contributed by atoms with E-state index in [2.05, 4.69) is 95.1 Å². The average molecular weight is 491 g/mol. The summed E-state index contributed by atoms with van der Waals surface area (Å²) in [6.45, 7) is 11.3. The highest BCUT2D eigenvalue weighted by Crippen LogP contribution is 2.32. The van der Waals surface area contributed by atoms with Gasteiger partial charge >= 0.3 is 0 Å². The summed E-state index contributed by atoms with van der Waals surface area (Å²) in [4.78, 5) is 12.2. The number of rotatable bonds is 6. The van der Waals surface area contributed by atoms with Crippen molar-refractivity contribution in [1.82, 2.24) is 23.8 Å². The van der Waals surface area contributed by atoms with Crippen LogP contribution in [0.2, 0.25) is 0 Å². The molecule has 1 aliphatic rings. The van der Waals surface area contributed by atoms with Gasteiger partial charge in [0.2, 0.25) is 0 Å². The van der Waals surface area contributed by atoms with E-state index in [-0.39, 0.29) is 6.04 Å². The van der Waals surface area contributed by atoms with Crippen molar-refractivity contribution in [3.05, 3.63) is 96.1 Å². The smallest absolute Gasteiger partial charge is 0.138 e. The van der Waals surface area contributed by atoms with Crippen LogP contribution in [0, 0.1) is 6.92 Å². The van der Waals surface area contributed by atoms with E-state index in [0.717, 1.165) is 72.0 Å². The molecular formula is C31H34N6. The summed E-state index contributed by atoms with van der Waals surface area (Å²) in [7, 11) is 0. The summed E-state index contributed by atoms with van der Waals surface area (Å²) >= 11 is 0. The number of aromatic nitrogens is 4. The molecule has 1 unspecified atom stereocenters. The molecule has 0 saturated carbocycles. The molecule has 37 heavy (non-hydrogen) atoms. The molecule has 0 radical (unpaired) electrons. The first-order valence-corrected chi connectivity index (χ1v) is 13.2. The molecule has 0 amide bonds. The Labute approximate surface area is 218 Å². The molecular weight excluding hydrogens is 456 g/mol. The van der Waals surface area contributed by atoms with Gasteiger partial charge < -0.3 is 19.6 Å². The third kappa shape index (κ3) is 4.31. The SMILES string of the molecule is C=C(c1ccn2c(C)c(-c3cc4ccccc4n3Cc3ccc(CC)cn3)nc2c1)N1CCCC(N)C1. The molecule has 188 valence electrons. The standard InChI is InChI=1S/C31H34N6/c1-4-23-11-12-27(33-18-23)20-37-28-10-6-5-8-25(28)16-29(37)31-22(3)36-15-13-24(17-30(36)34-31)21(2)35-14-7-9-26(32)19-35/h5-6,8,10-13,15-18,26H,2,4,7,9,14,19-20,32H2,1,3H3. The second-order valence-corrected chi connectivity index (χ2v) is 10.2. The van der Waals surface area contributed by atoms with Crippen LogP contribution < -0.4 is 5.73 Å². The predicted molar refractivity (Wildman–Crippen MR) is 151 cm³/mol. The van der Waals surface area contributed by atoms with Gasteiger partial charge in [0.1, 0.15) is 11.3 Å². The highest BCUT2D eigenvalue weighted by molar-refractivity contribution is 5.87. The van der Waals surface area contributed by atoms with Crippen LogP contribution in [0.15, 0.2) is 73.6 Å². The number of nitrogens with zero attached hydrogens (tertiary/aromatic N) is 5. The molecule has 5 aromatic rings. The van der Waals surface area contributed by atoms with Crippen molar-refractivity contribution in [3.8, 4) is 11.4 Å². The van der Waals surface area contributed by atoms with Gasteiger partial charge in [0.05, 0.1) is 17.9 Å². The molecule has 1 aliphatic heterocycles. The number of nitrogens with two attached hydrogens (primary N) is 1. The fourth-order valence-corrected chi connectivity index (χ4v) is 5.52. The van der Waals surface area contributed by atoms with Gasteiger partial charge in [0.25, 0.3) is 0 Å². The third-order valence-corrected chi connectivity index (χ3v) is 7.71. The molecule has 1 saturated heterocycles. The maximum absolute atomic E-state index is 6.23. The van der Waals surface area contributed by atoms with Crippen molar-refractivity contribution < 1.29 is 0 Å². The van der Waals surface area contributed by atoms with Gasteiger partial charge in [-0.1, -0.05) is 37.8 Å². The Bertz CT molecular complexity index is 1590. The Morgan fingerprint density at radius 2 is 2.00 bits per heavy atom. The lowest BCUT2D eigenvalue weighted by atomic mass is 10.0. The van der Waals surface area contributed by atoms with E-state index in [1.807, 2.05) is 6.20 Å². The molecule has 6 rings (SSSR count). The van der Waals surface area contributed by atoms with E-state index in [1.54, 1.807) is 0 Å². The largest absolute Gasteiger partial charge is 0.370 e. The van der Waals surface area contributed by atoms with Crippen LogP contribution in [0.1, 0.15) is 42.3 Å². The molecule has 2 N–H and O–H groups in total. The van der Waals surface area contributed by atoms with E-state index in [9.17, 15) is 0 Å². The lowest BCUT2D eigenvalue weighted by Crippen LogP contribution is -2.41. The molecule has 1 fully saturated rings. The number of pyridine rings is 2. The average Bonchev–Trinajstić information content (AvgIpc) is 3.45. The second kappa shape index (κ2) is 9.52. The number of likely N-dealkylation sites (tertiary alicyclic amines) is 1. The zero-order valence-electron chi connectivity index (χ0n) is 21.7. The minimum Gasteiger partial charge on any atom is -0.370 e. The number of aryl methyl sites for hydroxylation is 2. The minimum atomic E-state index is 0.212. The Hall–Kier alpha value is -3.90. The normalized spacial score (nSPS) is 16.1. The summed E-state index contributed by atoms with van der Waals surface area (Å²) in [6.07, 6.45) is 7.28. The highest BCUT2D eigenvalue weighted by atomic mass is 15.2. The summed E-state index contributed by atoms with van der Waals surface area (Å²) in [5.74, 6) is 0. The highest BCUT2D eigenvalue weighted by Gasteiger charge is 2.21. The van der Waals surface area contributed by atoms with Gasteiger partial charge in [-0.3, -0.25) is 4.98 Å². The van der Waals surface area contributed by atoms with Crippen molar-refractivity contribution in [2.45, 2.75) is 45.7 Å². The summed E-state index contributed by atoms with van der Waals surface area (Å²) in [5, 5.41) is 1.20. The quantitative estimate of drug-likeness (QED) is 0.333. The van der Waals surface area contributed by atoms with Crippen LogP contribution in [0.25, 0.3) is 33.6 Å². The van der Waals surface area contributed by atoms with Crippen molar-refractivity contribution in [1.29, 1.82) is 0 Å². The maximum atomic E-state index is 6.23. The number of piperidine rings is 1. The Kier molecular flexibility index (Phi) is 6.05. The molecule has 0 aliphatic carbocycles. The van der Waals surface area contributed by atoms with Crippen LogP contribution >= 0.6 is 0 Å². The van der Waals surface area contributed by atoms with Gasteiger partial charge in [-0.05, 0) is 62.1 Å². The van der Waals surface area contributed by atoms with Gasteiger partial charge in [0.15, 0.2) is 0 Å². The zero-order valence-corrected chi connectivity index (χ0v) is 21.7. The molecule has 6 nitrogen and oxygen atoms in total. The van der Waals surface area contributed by atoms with E-state index in [1.165, 1.54) is 16.5 Å². The number of hydrogen-bond donors (Lipinski definition) is 1. The number of benzene rings is 1. The lowest BCUT2D eigenvalue weighted by Gasteiger charge is -2.34. The van der Waals surface area contributed by atoms with Gasteiger partial charge in [-0.2, -0.15) is 0 Å². The molecule has 6 heteroatoms. The topological polar surface area (TPSA) is 64.4 Å². The minimum absolute atomic E-state index is 0.212. The van der Waals surface area contributed by atoms with Crippen molar-refractivity contribution >= 4 is 22.2 Å². The van der Waals surface area contributed by atoms with Crippen LogP contribution in [-0.2, 0) is 13.0 Å². The molecule has 0 bridgehead atoms.